The summed E-state index contributed by atoms with van der Waals surface area (Å²) in [6.45, 7) is 12.2. The fourth-order valence-corrected chi connectivity index (χ4v) is 4.89. The number of amides is 2. The highest BCUT2D eigenvalue weighted by atomic mass is 32.2. The van der Waals surface area contributed by atoms with Crippen molar-refractivity contribution < 1.29 is 14.3 Å². The molecule has 1 aromatic carbocycles. The zero-order chi connectivity index (χ0) is 20.8. The van der Waals surface area contributed by atoms with Gasteiger partial charge in [-0.3, -0.25) is 14.5 Å². The minimum atomic E-state index is -0.334. The molecule has 6 heteroatoms. The minimum absolute atomic E-state index is 0.0580. The molecule has 0 aliphatic carbocycles. The Bertz CT molecular complexity index is 875. The molecule has 28 heavy (non-hydrogen) atoms. The summed E-state index contributed by atoms with van der Waals surface area (Å²) in [4.78, 5) is 29.0. The highest BCUT2D eigenvalue weighted by Crippen LogP contribution is 2.46. The van der Waals surface area contributed by atoms with Crippen molar-refractivity contribution in [1.82, 2.24) is 4.90 Å². The van der Waals surface area contributed by atoms with Crippen molar-refractivity contribution in [2.45, 2.75) is 51.6 Å². The number of benzene rings is 1. The molecule has 2 heterocycles. The summed E-state index contributed by atoms with van der Waals surface area (Å²) in [7, 11) is 3.73. The van der Waals surface area contributed by atoms with E-state index in [2.05, 4.69) is 45.4 Å². The van der Waals surface area contributed by atoms with E-state index in [1.165, 1.54) is 10.5 Å². The fraction of sp³-hybridized carbons (Fsp3) is 0.455. The van der Waals surface area contributed by atoms with E-state index in [0.717, 1.165) is 29.4 Å². The van der Waals surface area contributed by atoms with Gasteiger partial charge in [0.2, 0.25) is 0 Å². The van der Waals surface area contributed by atoms with Crippen molar-refractivity contribution in [3.8, 4) is 5.75 Å². The SMILES string of the molecule is C=CC(C)N1C(=O)S/C(=C/c2cc3c(cc2OC)N(C)C(C)(C)CC3C)C1=O. The summed E-state index contributed by atoms with van der Waals surface area (Å²) in [6, 6.07) is 3.80. The number of methoxy groups -OCH3 is 1. The zero-order valence-electron chi connectivity index (χ0n) is 17.4. The molecule has 1 saturated heterocycles. The predicted octanol–water partition coefficient (Wildman–Crippen LogP) is 5.03. The van der Waals surface area contributed by atoms with Crippen molar-refractivity contribution in [2.75, 3.05) is 19.1 Å². The Balaban J connectivity index is 2.06. The summed E-state index contributed by atoms with van der Waals surface area (Å²) >= 11 is 0.963. The van der Waals surface area contributed by atoms with Crippen molar-refractivity contribution >= 4 is 34.7 Å². The molecule has 0 N–H and O–H groups in total. The number of hydrogen-bond acceptors (Lipinski definition) is 5. The highest BCUT2D eigenvalue weighted by molar-refractivity contribution is 8.18. The third kappa shape index (κ3) is 3.34. The molecule has 1 aromatic rings. The average molecular weight is 401 g/mol. The van der Waals surface area contributed by atoms with Gasteiger partial charge in [0.15, 0.2) is 0 Å². The molecule has 150 valence electrons. The number of carbonyl (C=O) groups is 2. The van der Waals surface area contributed by atoms with E-state index in [-0.39, 0.29) is 22.7 Å². The Morgan fingerprint density at radius 3 is 2.64 bits per heavy atom. The van der Waals surface area contributed by atoms with Crippen LogP contribution < -0.4 is 9.64 Å². The molecule has 1 fully saturated rings. The summed E-state index contributed by atoms with van der Waals surface area (Å²) < 4.78 is 5.62. The van der Waals surface area contributed by atoms with Crippen LogP contribution >= 0.6 is 11.8 Å². The molecule has 3 rings (SSSR count). The predicted molar refractivity (Wildman–Crippen MR) is 116 cm³/mol. The van der Waals surface area contributed by atoms with Crippen LogP contribution in [-0.4, -0.2) is 41.8 Å². The van der Waals surface area contributed by atoms with E-state index >= 15 is 0 Å². The van der Waals surface area contributed by atoms with Crippen LogP contribution in [0.15, 0.2) is 29.7 Å². The van der Waals surface area contributed by atoms with Crippen molar-refractivity contribution in [3.05, 3.63) is 40.8 Å². The Kier molecular flexibility index (Phi) is 5.36. The smallest absolute Gasteiger partial charge is 0.294 e. The van der Waals surface area contributed by atoms with Crippen LogP contribution in [0.2, 0.25) is 0 Å². The lowest BCUT2D eigenvalue weighted by molar-refractivity contribution is -0.123. The monoisotopic (exact) mass is 400 g/mol. The van der Waals surface area contributed by atoms with Crippen LogP contribution in [-0.2, 0) is 4.79 Å². The van der Waals surface area contributed by atoms with Gasteiger partial charge in [0, 0.05) is 29.9 Å². The maximum Gasteiger partial charge on any atom is 0.294 e. The number of thioether (sulfide) groups is 1. The third-order valence-electron chi connectivity index (χ3n) is 5.84. The first-order valence-electron chi connectivity index (χ1n) is 9.46. The number of hydrogen-bond donors (Lipinski definition) is 0. The molecule has 2 unspecified atom stereocenters. The van der Waals surface area contributed by atoms with Gasteiger partial charge < -0.3 is 9.64 Å². The topological polar surface area (TPSA) is 49.9 Å². The molecule has 5 nitrogen and oxygen atoms in total. The molecular formula is C22H28N2O3S. The van der Waals surface area contributed by atoms with E-state index in [9.17, 15) is 9.59 Å². The molecular weight excluding hydrogens is 372 g/mol. The number of rotatable bonds is 4. The lowest BCUT2D eigenvalue weighted by atomic mass is 9.80. The summed E-state index contributed by atoms with van der Waals surface area (Å²) in [5.74, 6) is 0.794. The quantitative estimate of drug-likeness (QED) is 0.524. The lowest BCUT2D eigenvalue weighted by Crippen LogP contribution is -2.45. The second kappa shape index (κ2) is 7.32. The fourth-order valence-electron chi connectivity index (χ4n) is 3.98. The van der Waals surface area contributed by atoms with Crippen LogP contribution in [0.4, 0.5) is 10.5 Å². The lowest BCUT2D eigenvalue weighted by Gasteiger charge is -2.45. The van der Waals surface area contributed by atoms with Crippen LogP contribution in [0.3, 0.4) is 0 Å². The van der Waals surface area contributed by atoms with Crippen LogP contribution in [0.5, 0.6) is 5.75 Å². The van der Waals surface area contributed by atoms with Crippen LogP contribution in [0.1, 0.15) is 51.2 Å². The number of nitrogens with zero attached hydrogens (tertiary/aromatic N) is 2. The first-order valence-corrected chi connectivity index (χ1v) is 10.3. The summed E-state index contributed by atoms with van der Waals surface area (Å²) in [5, 5.41) is -0.268. The minimum Gasteiger partial charge on any atom is -0.496 e. The van der Waals surface area contributed by atoms with E-state index < -0.39 is 0 Å². The van der Waals surface area contributed by atoms with E-state index in [1.54, 1.807) is 26.2 Å². The molecule has 0 saturated carbocycles. The number of fused-ring (bicyclic) bond motifs is 1. The number of anilines is 1. The van der Waals surface area contributed by atoms with E-state index in [4.69, 9.17) is 4.74 Å². The number of carbonyl (C=O) groups excluding carboxylic acids is 2. The first kappa shape index (κ1) is 20.5. The standard InChI is InChI=1S/C22H28N2O3S/c1-8-14(3)24-20(25)19(28-21(24)26)10-15-9-16-13(2)12-22(4,5)23(6)17(16)11-18(15)27-7/h8-11,13-14H,1,12H2,2-7H3/b19-10+. The van der Waals surface area contributed by atoms with Gasteiger partial charge in [0.05, 0.1) is 18.1 Å². The Labute approximate surface area is 171 Å². The number of imide groups is 1. The molecule has 0 aromatic heterocycles. The van der Waals surface area contributed by atoms with Gasteiger partial charge in [-0.25, -0.2) is 0 Å². The molecule has 0 spiro atoms. The second-order valence-electron chi connectivity index (χ2n) is 8.16. The maximum absolute atomic E-state index is 12.7. The molecule has 2 amide bonds. The van der Waals surface area contributed by atoms with Crippen molar-refractivity contribution in [3.63, 3.8) is 0 Å². The van der Waals surface area contributed by atoms with Gasteiger partial charge >= 0.3 is 0 Å². The number of ether oxygens (including phenoxy) is 1. The Hall–Kier alpha value is -2.21. The average Bonchev–Trinajstić information content (AvgIpc) is 2.92. The summed E-state index contributed by atoms with van der Waals surface area (Å²) in [6.07, 6.45) is 4.40. The second-order valence-corrected chi connectivity index (χ2v) is 9.15. The van der Waals surface area contributed by atoms with E-state index in [1.807, 2.05) is 6.07 Å². The van der Waals surface area contributed by atoms with Crippen molar-refractivity contribution in [2.24, 2.45) is 0 Å². The Morgan fingerprint density at radius 2 is 2.04 bits per heavy atom. The summed E-state index contributed by atoms with van der Waals surface area (Å²) in [5.41, 5.74) is 3.25. The van der Waals surface area contributed by atoms with Crippen LogP contribution in [0.25, 0.3) is 6.08 Å². The van der Waals surface area contributed by atoms with Gasteiger partial charge in [0.25, 0.3) is 11.1 Å². The normalized spacial score (nSPS) is 23.8. The molecule has 0 radical (unpaired) electrons. The van der Waals surface area contributed by atoms with Gasteiger partial charge in [-0.2, -0.15) is 0 Å². The largest absolute Gasteiger partial charge is 0.496 e. The Morgan fingerprint density at radius 1 is 1.36 bits per heavy atom. The highest BCUT2D eigenvalue weighted by Gasteiger charge is 2.38. The van der Waals surface area contributed by atoms with Crippen LogP contribution in [0, 0.1) is 0 Å². The molecule has 2 aliphatic heterocycles. The molecule has 0 bridgehead atoms. The van der Waals surface area contributed by atoms with Gasteiger partial charge in [-0.05, 0) is 62.6 Å². The van der Waals surface area contributed by atoms with Gasteiger partial charge in [-0.15, -0.1) is 6.58 Å². The van der Waals surface area contributed by atoms with Gasteiger partial charge in [-0.1, -0.05) is 13.0 Å². The van der Waals surface area contributed by atoms with Crippen molar-refractivity contribution in [1.29, 1.82) is 0 Å². The molecule has 2 aliphatic rings. The van der Waals surface area contributed by atoms with E-state index in [0.29, 0.717) is 16.6 Å². The van der Waals surface area contributed by atoms with Gasteiger partial charge in [0.1, 0.15) is 5.75 Å². The third-order valence-corrected chi connectivity index (χ3v) is 6.73. The first-order chi connectivity index (χ1) is 13.1. The molecule has 2 atom stereocenters. The zero-order valence-corrected chi connectivity index (χ0v) is 18.2. The maximum atomic E-state index is 12.7.